The van der Waals surface area contributed by atoms with Gasteiger partial charge in [-0.15, -0.1) is 0 Å². The monoisotopic (exact) mass is 292 g/mol. The van der Waals surface area contributed by atoms with Crippen molar-refractivity contribution in [2.24, 2.45) is 11.3 Å². The number of benzene rings is 1. The van der Waals surface area contributed by atoms with Crippen molar-refractivity contribution in [3.63, 3.8) is 0 Å². The molecular weight excluding hydrogens is 264 g/mol. The second-order valence-corrected chi connectivity index (χ2v) is 6.99. The smallest absolute Gasteiger partial charge is 0.313 e. The van der Waals surface area contributed by atoms with Gasteiger partial charge >= 0.3 is 5.97 Å². The molecule has 0 amide bonds. The standard InChI is InChI=1S/C18H28O3/c1-13(2)10-15-6-8-16(9-7-15)14(3)17(20)21-12-18(4,5)11-19/h6-9,13-14,19H,10-12H2,1-5H3. The van der Waals surface area contributed by atoms with Crippen LogP contribution in [0.1, 0.15) is 51.7 Å². The van der Waals surface area contributed by atoms with E-state index in [1.807, 2.05) is 32.9 Å². The molecule has 1 unspecified atom stereocenters. The second-order valence-electron chi connectivity index (χ2n) is 6.99. The molecule has 0 aromatic heterocycles. The number of rotatable bonds is 7. The quantitative estimate of drug-likeness (QED) is 0.782. The number of aliphatic hydroxyl groups excluding tert-OH is 1. The van der Waals surface area contributed by atoms with Crippen molar-refractivity contribution < 1.29 is 14.6 Å². The topological polar surface area (TPSA) is 46.5 Å². The first-order chi connectivity index (χ1) is 9.75. The van der Waals surface area contributed by atoms with Crippen molar-refractivity contribution in [2.75, 3.05) is 13.2 Å². The Kier molecular flexibility index (Phi) is 6.41. The first-order valence-electron chi connectivity index (χ1n) is 7.61. The lowest BCUT2D eigenvalue weighted by molar-refractivity contribution is -0.148. The molecule has 118 valence electrons. The minimum atomic E-state index is -0.392. The Morgan fingerprint density at radius 2 is 1.76 bits per heavy atom. The predicted molar refractivity (Wildman–Crippen MR) is 85.2 cm³/mol. The summed E-state index contributed by atoms with van der Waals surface area (Å²) in [5.41, 5.74) is 1.86. The van der Waals surface area contributed by atoms with E-state index in [4.69, 9.17) is 4.74 Å². The molecule has 0 saturated carbocycles. The summed E-state index contributed by atoms with van der Waals surface area (Å²) >= 11 is 0. The molecule has 1 N–H and O–H groups in total. The van der Waals surface area contributed by atoms with Gasteiger partial charge in [-0.1, -0.05) is 52.0 Å². The van der Waals surface area contributed by atoms with Gasteiger partial charge in [0.15, 0.2) is 0 Å². The molecule has 0 aliphatic carbocycles. The molecule has 0 fully saturated rings. The third-order valence-electron chi connectivity index (χ3n) is 3.51. The molecule has 21 heavy (non-hydrogen) atoms. The van der Waals surface area contributed by atoms with E-state index in [0.717, 1.165) is 12.0 Å². The van der Waals surface area contributed by atoms with Crippen LogP contribution in [0.15, 0.2) is 24.3 Å². The largest absolute Gasteiger partial charge is 0.465 e. The molecule has 3 heteroatoms. The molecule has 0 spiro atoms. The van der Waals surface area contributed by atoms with Gasteiger partial charge in [0.25, 0.3) is 0 Å². The zero-order valence-electron chi connectivity index (χ0n) is 13.8. The van der Waals surface area contributed by atoms with Gasteiger partial charge in [-0.3, -0.25) is 4.79 Å². The first kappa shape index (κ1) is 17.7. The molecule has 1 aromatic rings. The lowest BCUT2D eigenvalue weighted by Crippen LogP contribution is -2.27. The summed E-state index contributed by atoms with van der Waals surface area (Å²) in [7, 11) is 0. The van der Waals surface area contributed by atoms with Crippen molar-refractivity contribution in [3.8, 4) is 0 Å². The van der Waals surface area contributed by atoms with E-state index >= 15 is 0 Å². The highest BCUT2D eigenvalue weighted by atomic mass is 16.5. The van der Waals surface area contributed by atoms with Crippen molar-refractivity contribution in [1.82, 2.24) is 0 Å². The van der Waals surface area contributed by atoms with Gasteiger partial charge in [0.2, 0.25) is 0 Å². The van der Waals surface area contributed by atoms with Gasteiger partial charge in [-0.2, -0.15) is 0 Å². The van der Waals surface area contributed by atoms with E-state index in [1.54, 1.807) is 0 Å². The Morgan fingerprint density at radius 1 is 1.19 bits per heavy atom. The van der Waals surface area contributed by atoms with E-state index in [9.17, 15) is 9.90 Å². The number of hydrogen-bond acceptors (Lipinski definition) is 3. The molecule has 0 aliphatic rings. The van der Waals surface area contributed by atoms with Gasteiger partial charge in [0.1, 0.15) is 0 Å². The molecule has 1 atom stereocenters. The van der Waals surface area contributed by atoms with Gasteiger partial charge in [0.05, 0.1) is 19.1 Å². The van der Waals surface area contributed by atoms with Crippen molar-refractivity contribution in [1.29, 1.82) is 0 Å². The Labute approximate surface area is 128 Å². The maximum atomic E-state index is 12.1. The molecule has 0 radical (unpaired) electrons. The van der Waals surface area contributed by atoms with E-state index in [0.29, 0.717) is 5.92 Å². The molecule has 0 bridgehead atoms. The summed E-state index contributed by atoms with van der Waals surface area (Å²) in [6.07, 6.45) is 1.05. The Bertz CT molecular complexity index is 446. The minimum Gasteiger partial charge on any atom is -0.465 e. The number of hydrogen-bond donors (Lipinski definition) is 1. The predicted octanol–water partition coefficient (Wildman–Crippen LogP) is 3.55. The third-order valence-corrected chi connectivity index (χ3v) is 3.51. The highest BCUT2D eigenvalue weighted by Crippen LogP contribution is 2.21. The van der Waals surface area contributed by atoms with Crippen LogP contribution in [0.25, 0.3) is 0 Å². The summed E-state index contributed by atoms with van der Waals surface area (Å²) in [4.78, 5) is 12.1. The average Bonchev–Trinajstić information content (AvgIpc) is 2.44. The number of aliphatic hydroxyl groups is 1. The summed E-state index contributed by atoms with van der Waals surface area (Å²) in [5, 5.41) is 9.17. The van der Waals surface area contributed by atoms with Crippen LogP contribution in [0.4, 0.5) is 0 Å². The Hall–Kier alpha value is -1.35. The normalized spacial score (nSPS) is 13.3. The molecule has 3 nitrogen and oxygen atoms in total. The van der Waals surface area contributed by atoms with Gasteiger partial charge < -0.3 is 9.84 Å². The van der Waals surface area contributed by atoms with Crippen LogP contribution < -0.4 is 0 Å². The van der Waals surface area contributed by atoms with Gasteiger partial charge in [-0.05, 0) is 30.4 Å². The fourth-order valence-corrected chi connectivity index (χ4v) is 1.99. The molecule has 0 saturated heterocycles. The van der Waals surface area contributed by atoms with Crippen LogP contribution in [0.2, 0.25) is 0 Å². The third kappa shape index (κ3) is 5.88. The van der Waals surface area contributed by atoms with E-state index in [2.05, 4.69) is 26.0 Å². The summed E-state index contributed by atoms with van der Waals surface area (Å²) in [6.45, 7) is 10.2. The number of carbonyl (C=O) groups is 1. The minimum absolute atomic E-state index is 0.00143. The van der Waals surface area contributed by atoms with Crippen molar-refractivity contribution in [2.45, 2.75) is 47.0 Å². The highest BCUT2D eigenvalue weighted by molar-refractivity contribution is 5.77. The number of carbonyl (C=O) groups excluding carboxylic acids is 1. The summed E-state index contributed by atoms with van der Waals surface area (Å²) < 4.78 is 5.31. The first-order valence-corrected chi connectivity index (χ1v) is 7.61. The fourth-order valence-electron chi connectivity index (χ4n) is 1.99. The van der Waals surface area contributed by atoms with Crippen molar-refractivity contribution >= 4 is 5.97 Å². The maximum absolute atomic E-state index is 12.1. The second kappa shape index (κ2) is 7.60. The SMILES string of the molecule is CC(C)Cc1ccc(C(C)C(=O)OCC(C)(C)CO)cc1. The molecule has 1 aromatic carbocycles. The van der Waals surface area contributed by atoms with E-state index in [1.165, 1.54) is 5.56 Å². The van der Waals surface area contributed by atoms with Crippen molar-refractivity contribution in [3.05, 3.63) is 35.4 Å². The zero-order valence-corrected chi connectivity index (χ0v) is 13.8. The average molecular weight is 292 g/mol. The molecular formula is C18H28O3. The zero-order chi connectivity index (χ0) is 16.0. The fraction of sp³-hybridized carbons (Fsp3) is 0.611. The summed E-state index contributed by atoms with van der Waals surface area (Å²) in [5.74, 6) is 0.0969. The van der Waals surface area contributed by atoms with Gasteiger partial charge in [-0.25, -0.2) is 0 Å². The highest BCUT2D eigenvalue weighted by Gasteiger charge is 2.22. The Morgan fingerprint density at radius 3 is 2.24 bits per heavy atom. The molecule has 0 heterocycles. The van der Waals surface area contributed by atoms with Gasteiger partial charge in [0, 0.05) is 5.41 Å². The summed E-state index contributed by atoms with van der Waals surface area (Å²) in [6, 6.07) is 8.16. The Balaban J connectivity index is 2.61. The lowest BCUT2D eigenvalue weighted by atomic mass is 9.95. The van der Waals surface area contributed by atoms with Crippen LogP contribution in [0.3, 0.4) is 0 Å². The molecule has 1 rings (SSSR count). The van der Waals surface area contributed by atoms with Crippen LogP contribution in [0.5, 0.6) is 0 Å². The van der Waals surface area contributed by atoms with Crippen LogP contribution in [-0.4, -0.2) is 24.3 Å². The number of ether oxygens (including phenoxy) is 1. The van der Waals surface area contributed by atoms with E-state index in [-0.39, 0.29) is 25.1 Å². The van der Waals surface area contributed by atoms with E-state index < -0.39 is 5.41 Å². The lowest BCUT2D eigenvalue weighted by Gasteiger charge is -2.22. The maximum Gasteiger partial charge on any atom is 0.313 e. The van der Waals surface area contributed by atoms with Crippen LogP contribution in [0, 0.1) is 11.3 Å². The molecule has 0 aliphatic heterocycles. The van der Waals surface area contributed by atoms with Crippen LogP contribution in [-0.2, 0) is 16.0 Å². The number of esters is 1. The van der Waals surface area contributed by atoms with Crippen LogP contribution >= 0.6 is 0 Å².